The van der Waals surface area contributed by atoms with Crippen LogP contribution in [0.15, 0.2) is 6.07 Å². The maximum atomic E-state index is 13.8. The van der Waals surface area contributed by atoms with Gasteiger partial charge < -0.3 is 26.2 Å². The molecular weight excluding hydrogens is 523 g/mol. The van der Waals surface area contributed by atoms with E-state index in [9.17, 15) is 47.4 Å². The number of phenols is 1. The van der Waals surface area contributed by atoms with Gasteiger partial charge in [0.15, 0.2) is 34.7 Å². The van der Waals surface area contributed by atoms with Crippen molar-refractivity contribution in [3.8, 4) is 5.75 Å². The van der Waals surface area contributed by atoms with Crippen molar-refractivity contribution in [2.45, 2.75) is 57.0 Å². The molecule has 4 rings (SSSR count). The molecule has 1 aromatic rings. The second-order valence-corrected chi connectivity index (χ2v) is 11.0. The minimum absolute atomic E-state index is 0.0348. The van der Waals surface area contributed by atoms with Gasteiger partial charge >= 0.3 is 6.18 Å². The average Bonchev–Trinajstić information content (AvgIpc) is 2.79. The summed E-state index contributed by atoms with van der Waals surface area (Å²) in [5.74, 6) is -11.3. The van der Waals surface area contributed by atoms with Crippen LogP contribution in [0.25, 0.3) is 0 Å². The Morgan fingerprint density at radius 2 is 1.85 bits per heavy atom. The van der Waals surface area contributed by atoms with Crippen molar-refractivity contribution in [2.75, 3.05) is 19.0 Å². The summed E-state index contributed by atoms with van der Waals surface area (Å²) in [4.78, 5) is 66.3. The van der Waals surface area contributed by atoms with Crippen molar-refractivity contribution in [1.29, 1.82) is 0 Å². The van der Waals surface area contributed by atoms with E-state index in [0.717, 1.165) is 0 Å². The van der Waals surface area contributed by atoms with Crippen LogP contribution in [0.5, 0.6) is 5.75 Å². The average molecular weight is 554 g/mol. The number of hydrogen-bond donors (Lipinski definition) is 4. The smallest absolute Gasteiger partial charge is 0.390 e. The van der Waals surface area contributed by atoms with Crippen LogP contribution in [-0.4, -0.2) is 71.2 Å². The molecule has 2 saturated carbocycles. The van der Waals surface area contributed by atoms with Gasteiger partial charge in [0.25, 0.3) is 0 Å². The highest BCUT2D eigenvalue weighted by molar-refractivity contribution is 6.31. The molecule has 3 aliphatic rings. The lowest BCUT2D eigenvalue weighted by Gasteiger charge is -2.48. The maximum absolute atomic E-state index is 13.8. The summed E-state index contributed by atoms with van der Waals surface area (Å²) in [7, 11) is 3.36. The lowest BCUT2D eigenvalue weighted by molar-refractivity contribution is -0.175. The van der Waals surface area contributed by atoms with Crippen LogP contribution in [0, 0.1) is 23.7 Å². The van der Waals surface area contributed by atoms with Gasteiger partial charge in [-0.2, -0.15) is 13.2 Å². The molecule has 3 unspecified atom stereocenters. The van der Waals surface area contributed by atoms with Gasteiger partial charge in [0.05, 0.1) is 17.9 Å². The molecule has 0 aliphatic heterocycles. The largest absolute Gasteiger partial charge is 0.507 e. The van der Waals surface area contributed by atoms with Gasteiger partial charge in [0.1, 0.15) is 5.75 Å². The Morgan fingerprint density at radius 1 is 1.21 bits per heavy atom. The van der Waals surface area contributed by atoms with Crippen LogP contribution in [0.4, 0.5) is 18.9 Å². The number of halogens is 3. The van der Waals surface area contributed by atoms with E-state index in [1.807, 2.05) is 0 Å². The first-order valence-electron chi connectivity index (χ1n) is 12.5. The number of ketones is 4. The summed E-state index contributed by atoms with van der Waals surface area (Å²) in [6, 6.07) is 0.564. The van der Waals surface area contributed by atoms with Crippen molar-refractivity contribution in [3.05, 3.63) is 22.8 Å². The molecule has 5 N–H and O–H groups in total. The summed E-state index contributed by atoms with van der Waals surface area (Å²) < 4.78 is 38.3. The number of amides is 1. The number of carbonyl (C=O) groups is 5. The third-order valence-corrected chi connectivity index (χ3v) is 8.12. The number of primary amides is 1. The van der Waals surface area contributed by atoms with Crippen LogP contribution < -0.4 is 16.0 Å². The molecule has 0 aromatic heterocycles. The first-order chi connectivity index (χ1) is 18.0. The van der Waals surface area contributed by atoms with E-state index in [0.29, 0.717) is 11.3 Å². The number of phenolic OH excluding ortho intramolecular Hbond substituents is 1. The van der Waals surface area contributed by atoms with E-state index >= 15 is 0 Å². The summed E-state index contributed by atoms with van der Waals surface area (Å²) in [6.45, 7) is 1.12. The summed E-state index contributed by atoms with van der Waals surface area (Å²) in [6.07, 6.45) is -5.88. The van der Waals surface area contributed by atoms with Crippen molar-refractivity contribution in [3.63, 3.8) is 0 Å². The number of aliphatic hydroxyl groups is 1. The van der Waals surface area contributed by atoms with Crippen LogP contribution in [0.3, 0.4) is 0 Å². The number of hydrogen-bond acceptors (Lipinski definition) is 9. The molecule has 3 aliphatic carbocycles. The van der Waals surface area contributed by atoms with Crippen molar-refractivity contribution in [1.82, 2.24) is 5.32 Å². The number of nitrogens with one attached hydrogen (secondary N) is 1. The van der Waals surface area contributed by atoms with Gasteiger partial charge in [0, 0.05) is 50.3 Å². The number of aromatic hydroxyl groups is 1. The number of nitrogens with zero attached hydrogens (tertiary/aromatic N) is 1. The van der Waals surface area contributed by atoms with Gasteiger partial charge in [0.2, 0.25) is 5.91 Å². The zero-order chi connectivity index (χ0) is 29.2. The summed E-state index contributed by atoms with van der Waals surface area (Å²) >= 11 is 0. The van der Waals surface area contributed by atoms with Crippen LogP contribution in [0.2, 0.25) is 0 Å². The molecule has 2 fully saturated rings. The molecule has 13 heteroatoms. The first-order valence-corrected chi connectivity index (χ1v) is 12.5. The fourth-order valence-corrected chi connectivity index (χ4v) is 6.31. The molecule has 0 heterocycles. The standard InChI is InChI=1S/C26H30F3N3O7/c1-10(8-25(27,28)29)31-9-12-6-15(32(2)3)14-5-11-4-13-7-16(33)19(24(30)38)23(37)26(13,39)22(36)17(11)21(35)18(14)20(12)34/h6,10-11,13,17,19,31,34,39H,4-5,7-9H2,1-3H3,(H2,30,38)/t10?,11-,13+,17?,19?,26+/m1/s1. The predicted molar refractivity (Wildman–Crippen MR) is 130 cm³/mol. The van der Waals surface area contributed by atoms with Gasteiger partial charge in [-0.15, -0.1) is 0 Å². The second-order valence-electron chi connectivity index (χ2n) is 11.0. The Balaban J connectivity index is 1.74. The number of rotatable bonds is 6. The van der Waals surface area contributed by atoms with Crippen LogP contribution >= 0.6 is 0 Å². The van der Waals surface area contributed by atoms with E-state index in [-0.39, 0.29) is 30.5 Å². The van der Waals surface area contributed by atoms with E-state index < -0.39 is 89.1 Å². The highest BCUT2D eigenvalue weighted by atomic mass is 19.4. The molecule has 0 saturated heterocycles. The molecule has 6 atom stereocenters. The van der Waals surface area contributed by atoms with E-state index in [2.05, 4.69) is 5.32 Å². The molecule has 39 heavy (non-hydrogen) atoms. The van der Waals surface area contributed by atoms with E-state index in [4.69, 9.17) is 5.73 Å². The zero-order valence-corrected chi connectivity index (χ0v) is 21.6. The fraction of sp³-hybridized carbons (Fsp3) is 0.577. The second kappa shape index (κ2) is 9.70. The highest BCUT2D eigenvalue weighted by Gasteiger charge is 2.66. The number of carbonyl (C=O) groups excluding carboxylic acids is 5. The zero-order valence-electron chi connectivity index (χ0n) is 21.6. The molecule has 1 amide bonds. The van der Waals surface area contributed by atoms with Crippen molar-refractivity contribution < 1.29 is 47.4 Å². The quantitative estimate of drug-likeness (QED) is 0.373. The number of benzene rings is 1. The Kier molecular flexibility index (Phi) is 7.13. The lowest BCUT2D eigenvalue weighted by atomic mass is 9.53. The number of nitrogens with two attached hydrogens (primary N) is 1. The van der Waals surface area contributed by atoms with Crippen molar-refractivity contribution >= 4 is 34.7 Å². The van der Waals surface area contributed by atoms with E-state index in [1.54, 1.807) is 25.1 Å². The Hall–Kier alpha value is -3.32. The Bertz CT molecular complexity index is 1280. The normalized spacial score (nSPS) is 29.4. The van der Waals surface area contributed by atoms with Gasteiger partial charge in [-0.1, -0.05) is 0 Å². The van der Waals surface area contributed by atoms with E-state index in [1.165, 1.54) is 6.92 Å². The molecular formula is C26H30F3N3O7. The molecule has 0 radical (unpaired) electrons. The topological polar surface area (TPSA) is 167 Å². The summed E-state index contributed by atoms with van der Waals surface area (Å²) in [5, 5.41) is 25.1. The number of alkyl halides is 3. The Labute approximate surface area is 221 Å². The van der Waals surface area contributed by atoms with Gasteiger partial charge in [-0.3, -0.25) is 24.0 Å². The maximum Gasteiger partial charge on any atom is 0.390 e. The molecule has 10 nitrogen and oxygen atoms in total. The highest BCUT2D eigenvalue weighted by Crippen LogP contribution is 2.51. The molecule has 0 bridgehead atoms. The number of anilines is 1. The van der Waals surface area contributed by atoms with Gasteiger partial charge in [-0.05, 0) is 37.3 Å². The Morgan fingerprint density at radius 3 is 2.41 bits per heavy atom. The fourth-order valence-electron chi connectivity index (χ4n) is 6.31. The third-order valence-electron chi connectivity index (χ3n) is 8.12. The number of Topliss-reactive ketones (excluding diaryl/α,β-unsaturated/α-hetero) is 4. The predicted octanol–water partition coefficient (Wildman–Crippen LogP) is 0.823. The molecule has 0 spiro atoms. The van der Waals surface area contributed by atoms with Crippen LogP contribution in [0.1, 0.15) is 47.7 Å². The minimum atomic E-state index is -4.40. The minimum Gasteiger partial charge on any atom is -0.507 e. The van der Waals surface area contributed by atoms with Crippen LogP contribution in [-0.2, 0) is 32.1 Å². The number of fused-ring (bicyclic) bond motifs is 3. The summed E-state index contributed by atoms with van der Waals surface area (Å²) in [5.41, 5.74) is 3.28. The lowest BCUT2D eigenvalue weighted by Crippen LogP contribution is -2.68. The van der Waals surface area contributed by atoms with Crippen molar-refractivity contribution in [2.24, 2.45) is 29.4 Å². The SMILES string of the molecule is CC(CC(F)(F)F)NCc1cc(N(C)C)c2c(c1O)C(=O)C1C(=O)[C@]3(O)C(=O)C(C(N)=O)C(=O)C[C@@H]3C[C@@H]1C2. The first kappa shape index (κ1) is 28.7. The monoisotopic (exact) mass is 553 g/mol. The van der Waals surface area contributed by atoms with Gasteiger partial charge in [-0.25, -0.2) is 0 Å². The third kappa shape index (κ3) is 4.71. The molecule has 212 valence electrons. The molecule has 1 aromatic carbocycles.